The van der Waals surface area contributed by atoms with Crippen LogP contribution in [0.2, 0.25) is 0 Å². The molecule has 0 aliphatic carbocycles. The summed E-state index contributed by atoms with van der Waals surface area (Å²) in [6.45, 7) is 3.68. The molecule has 0 radical (unpaired) electrons. The number of benzene rings is 1. The van der Waals surface area contributed by atoms with E-state index in [-0.39, 0.29) is 17.4 Å². The smallest absolute Gasteiger partial charge is 0.350 e. The molecule has 25 heavy (non-hydrogen) atoms. The van der Waals surface area contributed by atoms with E-state index < -0.39 is 11.9 Å². The van der Waals surface area contributed by atoms with Crippen LogP contribution < -0.4 is 5.32 Å². The SMILES string of the molecule is CCOC(=O)c1sc(NC(=O)c2cc(C)on2)nc1-c1ccccc1. The van der Waals surface area contributed by atoms with E-state index in [4.69, 9.17) is 9.26 Å². The van der Waals surface area contributed by atoms with E-state index in [0.717, 1.165) is 16.9 Å². The third-order valence-electron chi connectivity index (χ3n) is 3.22. The van der Waals surface area contributed by atoms with Crippen molar-refractivity contribution in [3.63, 3.8) is 0 Å². The minimum atomic E-state index is -0.475. The van der Waals surface area contributed by atoms with E-state index in [2.05, 4.69) is 15.5 Å². The number of rotatable bonds is 5. The van der Waals surface area contributed by atoms with Gasteiger partial charge >= 0.3 is 5.97 Å². The normalized spacial score (nSPS) is 10.5. The summed E-state index contributed by atoms with van der Waals surface area (Å²) in [5.41, 5.74) is 1.38. The molecule has 0 aliphatic rings. The highest BCUT2D eigenvalue weighted by Gasteiger charge is 2.22. The number of aryl methyl sites for hydroxylation is 1. The number of anilines is 1. The van der Waals surface area contributed by atoms with Gasteiger partial charge in [-0.1, -0.05) is 46.8 Å². The molecule has 1 amide bonds. The van der Waals surface area contributed by atoms with Crippen LogP contribution in [-0.4, -0.2) is 28.6 Å². The standard InChI is InChI=1S/C17H15N3O4S/c1-3-23-16(22)14-13(11-7-5-4-6-8-11)18-17(25-14)19-15(21)12-9-10(2)24-20-12/h4-9H,3H2,1-2H3,(H,18,19,21). The van der Waals surface area contributed by atoms with Gasteiger partial charge in [0.1, 0.15) is 10.6 Å². The summed E-state index contributed by atoms with van der Waals surface area (Å²) in [6, 6.07) is 10.8. The van der Waals surface area contributed by atoms with Crippen molar-refractivity contribution in [1.29, 1.82) is 0 Å². The van der Waals surface area contributed by atoms with Gasteiger partial charge in [-0.05, 0) is 13.8 Å². The van der Waals surface area contributed by atoms with Crippen molar-refractivity contribution in [2.75, 3.05) is 11.9 Å². The van der Waals surface area contributed by atoms with E-state index in [9.17, 15) is 9.59 Å². The zero-order valence-electron chi connectivity index (χ0n) is 13.6. The molecule has 1 aromatic carbocycles. The van der Waals surface area contributed by atoms with Crippen LogP contribution in [0, 0.1) is 6.92 Å². The van der Waals surface area contributed by atoms with E-state index >= 15 is 0 Å². The molecule has 0 spiro atoms. The van der Waals surface area contributed by atoms with Gasteiger partial charge in [0.05, 0.1) is 12.3 Å². The van der Waals surface area contributed by atoms with Crippen LogP contribution in [-0.2, 0) is 4.74 Å². The molecule has 7 nitrogen and oxygen atoms in total. The second-order valence-corrected chi connectivity index (χ2v) is 6.06. The second-order valence-electron chi connectivity index (χ2n) is 5.06. The Kier molecular flexibility index (Phi) is 4.90. The molecule has 8 heteroatoms. The summed E-state index contributed by atoms with van der Waals surface area (Å²) in [4.78, 5) is 29.1. The maximum atomic E-state index is 12.2. The van der Waals surface area contributed by atoms with Crippen molar-refractivity contribution in [3.05, 3.63) is 52.7 Å². The van der Waals surface area contributed by atoms with Crippen LogP contribution in [0.25, 0.3) is 11.3 Å². The molecule has 0 fully saturated rings. The summed E-state index contributed by atoms with van der Waals surface area (Å²) >= 11 is 1.06. The third-order valence-corrected chi connectivity index (χ3v) is 4.17. The Balaban J connectivity index is 1.93. The number of nitrogens with zero attached hydrogens (tertiary/aromatic N) is 2. The number of carbonyl (C=O) groups is 2. The number of carbonyl (C=O) groups excluding carboxylic acids is 2. The van der Waals surface area contributed by atoms with Crippen molar-refractivity contribution in [2.45, 2.75) is 13.8 Å². The fourth-order valence-electron chi connectivity index (χ4n) is 2.13. The van der Waals surface area contributed by atoms with Gasteiger partial charge in [-0.15, -0.1) is 0 Å². The average molecular weight is 357 g/mol. The zero-order valence-corrected chi connectivity index (χ0v) is 14.4. The van der Waals surface area contributed by atoms with E-state index in [1.54, 1.807) is 13.8 Å². The van der Waals surface area contributed by atoms with Gasteiger partial charge in [-0.3, -0.25) is 10.1 Å². The molecule has 3 aromatic rings. The zero-order chi connectivity index (χ0) is 17.8. The second kappa shape index (κ2) is 7.27. The molecule has 0 saturated heterocycles. The first kappa shape index (κ1) is 16.8. The summed E-state index contributed by atoms with van der Waals surface area (Å²) in [7, 11) is 0. The molecule has 0 unspecified atom stereocenters. The number of hydrogen-bond donors (Lipinski definition) is 1. The fourth-order valence-corrected chi connectivity index (χ4v) is 3.01. The van der Waals surface area contributed by atoms with Crippen LogP contribution in [0.5, 0.6) is 0 Å². The van der Waals surface area contributed by atoms with Gasteiger partial charge < -0.3 is 9.26 Å². The van der Waals surface area contributed by atoms with Gasteiger partial charge in [0.2, 0.25) is 0 Å². The Morgan fingerprint density at radius 3 is 2.68 bits per heavy atom. The minimum Gasteiger partial charge on any atom is -0.462 e. The molecular weight excluding hydrogens is 342 g/mol. The average Bonchev–Trinajstić information content (AvgIpc) is 3.22. The topological polar surface area (TPSA) is 94.3 Å². The Morgan fingerprint density at radius 1 is 1.28 bits per heavy atom. The highest BCUT2D eigenvalue weighted by Crippen LogP contribution is 2.32. The molecule has 128 valence electrons. The maximum Gasteiger partial charge on any atom is 0.350 e. The largest absolute Gasteiger partial charge is 0.462 e. The Morgan fingerprint density at radius 2 is 2.04 bits per heavy atom. The van der Waals surface area contributed by atoms with Crippen LogP contribution >= 0.6 is 11.3 Å². The number of ether oxygens (including phenoxy) is 1. The molecule has 0 atom stereocenters. The van der Waals surface area contributed by atoms with Crippen molar-refractivity contribution in [3.8, 4) is 11.3 Å². The monoisotopic (exact) mass is 357 g/mol. The number of thiazole rings is 1. The molecule has 1 N–H and O–H groups in total. The number of aromatic nitrogens is 2. The van der Waals surface area contributed by atoms with Gasteiger partial charge in [-0.2, -0.15) is 0 Å². The van der Waals surface area contributed by atoms with Crippen molar-refractivity contribution < 1.29 is 18.8 Å². The Bertz CT molecular complexity index is 902. The lowest BCUT2D eigenvalue weighted by Gasteiger charge is -2.01. The summed E-state index contributed by atoms with van der Waals surface area (Å²) in [5, 5.41) is 6.58. The van der Waals surface area contributed by atoms with E-state index in [0.29, 0.717) is 16.3 Å². The van der Waals surface area contributed by atoms with Crippen LogP contribution in [0.3, 0.4) is 0 Å². The summed E-state index contributed by atoms with van der Waals surface area (Å²) in [6.07, 6.45) is 0. The van der Waals surface area contributed by atoms with Gasteiger partial charge in [0, 0.05) is 11.6 Å². The highest BCUT2D eigenvalue weighted by atomic mass is 32.1. The first-order valence-electron chi connectivity index (χ1n) is 7.56. The lowest BCUT2D eigenvalue weighted by atomic mass is 10.1. The van der Waals surface area contributed by atoms with Crippen LogP contribution in [0.4, 0.5) is 5.13 Å². The molecule has 2 heterocycles. The lowest BCUT2D eigenvalue weighted by Crippen LogP contribution is -2.11. The maximum absolute atomic E-state index is 12.2. The number of amides is 1. The first-order valence-corrected chi connectivity index (χ1v) is 8.38. The predicted octanol–water partition coefficient (Wildman–Crippen LogP) is 3.54. The van der Waals surface area contributed by atoms with Crippen molar-refractivity contribution in [2.24, 2.45) is 0 Å². The molecule has 0 bridgehead atoms. The summed E-state index contributed by atoms with van der Waals surface area (Å²) in [5.74, 6) is -0.404. The van der Waals surface area contributed by atoms with Crippen molar-refractivity contribution >= 4 is 28.3 Å². The molecule has 0 aliphatic heterocycles. The Hall–Kier alpha value is -3.00. The fraction of sp³-hybridized carbons (Fsp3) is 0.176. The molecule has 2 aromatic heterocycles. The quantitative estimate of drug-likeness (QED) is 0.702. The first-order chi connectivity index (χ1) is 12.1. The number of esters is 1. The summed E-state index contributed by atoms with van der Waals surface area (Å²) < 4.78 is 9.98. The van der Waals surface area contributed by atoms with Gasteiger partial charge in [-0.25, -0.2) is 9.78 Å². The molecule has 0 saturated carbocycles. The van der Waals surface area contributed by atoms with Crippen LogP contribution in [0.15, 0.2) is 40.9 Å². The molecule has 3 rings (SSSR count). The van der Waals surface area contributed by atoms with Crippen molar-refractivity contribution in [1.82, 2.24) is 10.1 Å². The van der Waals surface area contributed by atoms with E-state index in [1.807, 2.05) is 30.3 Å². The Labute approximate surface area is 147 Å². The highest BCUT2D eigenvalue weighted by molar-refractivity contribution is 7.18. The minimum absolute atomic E-state index is 0.145. The van der Waals surface area contributed by atoms with Gasteiger partial charge in [0.15, 0.2) is 10.8 Å². The predicted molar refractivity (Wildman–Crippen MR) is 92.7 cm³/mol. The number of nitrogens with one attached hydrogen (secondary N) is 1. The lowest BCUT2D eigenvalue weighted by molar-refractivity contribution is 0.0532. The van der Waals surface area contributed by atoms with Crippen LogP contribution in [0.1, 0.15) is 32.8 Å². The van der Waals surface area contributed by atoms with E-state index in [1.165, 1.54) is 6.07 Å². The number of hydrogen-bond acceptors (Lipinski definition) is 7. The molecular formula is C17H15N3O4S. The third kappa shape index (κ3) is 3.74. The van der Waals surface area contributed by atoms with Gasteiger partial charge in [0.25, 0.3) is 5.91 Å².